The van der Waals surface area contributed by atoms with Gasteiger partial charge in [-0.05, 0) is 50.5 Å². The molecule has 0 bridgehead atoms. The minimum absolute atomic E-state index is 0.268. The van der Waals surface area contributed by atoms with Crippen molar-refractivity contribution in [2.45, 2.75) is 52.2 Å². The standard InChI is InChI=1S/C24H28N2O4/c1-16(2)24(25-20(27)17-11-7-6-8-12-17)15-18-13-9-10-14-19(18)26(21(24)28)22(29)30-23(3,4)5/h6-14,16H,15H2,1-5H3,(H,25,27). The second-order valence-corrected chi connectivity index (χ2v) is 8.87. The fourth-order valence-corrected chi connectivity index (χ4v) is 3.61. The number of carbonyl (C=O) groups is 3. The van der Waals surface area contributed by atoms with Gasteiger partial charge in [0.05, 0.1) is 5.69 Å². The van der Waals surface area contributed by atoms with Crippen molar-refractivity contribution in [2.75, 3.05) is 4.90 Å². The van der Waals surface area contributed by atoms with Gasteiger partial charge in [0, 0.05) is 12.0 Å². The van der Waals surface area contributed by atoms with Crippen LogP contribution in [0.15, 0.2) is 54.6 Å². The predicted molar refractivity (Wildman–Crippen MR) is 115 cm³/mol. The number of para-hydroxylation sites is 1. The molecule has 0 spiro atoms. The number of amides is 3. The van der Waals surface area contributed by atoms with E-state index in [0.29, 0.717) is 11.3 Å². The molecule has 1 aliphatic heterocycles. The molecule has 0 saturated carbocycles. The molecule has 1 unspecified atom stereocenters. The van der Waals surface area contributed by atoms with Gasteiger partial charge in [-0.25, -0.2) is 9.69 Å². The minimum atomic E-state index is -1.28. The van der Waals surface area contributed by atoms with Crippen molar-refractivity contribution in [3.8, 4) is 0 Å². The van der Waals surface area contributed by atoms with E-state index in [0.717, 1.165) is 10.5 Å². The Balaban J connectivity index is 2.07. The van der Waals surface area contributed by atoms with Crippen molar-refractivity contribution in [2.24, 2.45) is 5.92 Å². The Morgan fingerprint density at radius 3 is 2.23 bits per heavy atom. The first kappa shape index (κ1) is 21.6. The zero-order valence-electron chi connectivity index (χ0n) is 18.1. The molecule has 30 heavy (non-hydrogen) atoms. The summed E-state index contributed by atoms with van der Waals surface area (Å²) in [6, 6.07) is 15.9. The van der Waals surface area contributed by atoms with Crippen LogP contribution in [-0.2, 0) is 16.0 Å². The van der Waals surface area contributed by atoms with E-state index in [2.05, 4.69) is 5.32 Å². The van der Waals surface area contributed by atoms with E-state index in [4.69, 9.17) is 4.74 Å². The number of anilines is 1. The summed E-state index contributed by atoms with van der Waals surface area (Å²) in [5.41, 5.74) is -0.310. The maximum absolute atomic E-state index is 13.8. The Morgan fingerprint density at radius 1 is 1.03 bits per heavy atom. The highest BCUT2D eigenvalue weighted by molar-refractivity contribution is 6.19. The molecule has 1 N–H and O–H groups in total. The quantitative estimate of drug-likeness (QED) is 0.820. The average Bonchev–Trinajstić information content (AvgIpc) is 2.67. The van der Waals surface area contributed by atoms with Gasteiger partial charge in [-0.15, -0.1) is 0 Å². The highest BCUT2D eigenvalue weighted by Crippen LogP contribution is 2.37. The van der Waals surface area contributed by atoms with E-state index >= 15 is 0 Å². The van der Waals surface area contributed by atoms with Gasteiger partial charge in [0.2, 0.25) is 0 Å². The van der Waals surface area contributed by atoms with Crippen molar-refractivity contribution in [1.82, 2.24) is 5.32 Å². The summed E-state index contributed by atoms with van der Waals surface area (Å²) in [5.74, 6) is -1.12. The minimum Gasteiger partial charge on any atom is -0.443 e. The van der Waals surface area contributed by atoms with Gasteiger partial charge >= 0.3 is 6.09 Å². The van der Waals surface area contributed by atoms with Gasteiger partial charge in [-0.3, -0.25) is 9.59 Å². The first-order valence-electron chi connectivity index (χ1n) is 10.1. The molecule has 2 aromatic carbocycles. The van der Waals surface area contributed by atoms with Gasteiger partial charge in [-0.1, -0.05) is 50.2 Å². The molecule has 1 atom stereocenters. The maximum Gasteiger partial charge on any atom is 0.421 e. The van der Waals surface area contributed by atoms with Crippen molar-refractivity contribution < 1.29 is 19.1 Å². The average molecular weight is 408 g/mol. The van der Waals surface area contributed by atoms with Gasteiger partial charge < -0.3 is 10.1 Å². The summed E-state index contributed by atoms with van der Waals surface area (Å²) >= 11 is 0. The van der Waals surface area contributed by atoms with Crippen LogP contribution in [0.5, 0.6) is 0 Å². The molecule has 0 aromatic heterocycles. The highest BCUT2D eigenvalue weighted by atomic mass is 16.6. The molecule has 0 radical (unpaired) electrons. The molecular formula is C24H28N2O4. The molecule has 6 heteroatoms. The summed E-state index contributed by atoms with van der Waals surface area (Å²) in [6.07, 6.45) is -0.462. The Labute approximate surface area is 177 Å². The van der Waals surface area contributed by atoms with E-state index < -0.39 is 23.1 Å². The van der Waals surface area contributed by atoms with Gasteiger partial charge in [0.15, 0.2) is 0 Å². The Bertz CT molecular complexity index is 963. The number of ether oxygens (including phenoxy) is 1. The molecule has 1 aliphatic rings. The predicted octanol–water partition coefficient (Wildman–Crippen LogP) is 4.34. The smallest absolute Gasteiger partial charge is 0.421 e. The van der Waals surface area contributed by atoms with E-state index in [1.165, 1.54) is 0 Å². The second-order valence-electron chi connectivity index (χ2n) is 8.87. The van der Waals surface area contributed by atoms with E-state index in [-0.39, 0.29) is 18.2 Å². The topological polar surface area (TPSA) is 75.7 Å². The number of hydrogen-bond acceptors (Lipinski definition) is 4. The molecule has 2 aromatic rings. The lowest BCUT2D eigenvalue weighted by Crippen LogP contribution is -2.67. The first-order chi connectivity index (χ1) is 14.0. The summed E-state index contributed by atoms with van der Waals surface area (Å²) in [6.45, 7) is 8.98. The summed E-state index contributed by atoms with van der Waals surface area (Å²) < 4.78 is 5.52. The van der Waals surface area contributed by atoms with Crippen molar-refractivity contribution in [3.63, 3.8) is 0 Å². The monoisotopic (exact) mass is 408 g/mol. The van der Waals surface area contributed by atoms with Crippen LogP contribution in [0.1, 0.15) is 50.5 Å². The number of benzene rings is 2. The normalized spacial score (nSPS) is 18.7. The zero-order valence-corrected chi connectivity index (χ0v) is 18.1. The largest absolute Gasteiger partial charge is 0.443 e. The highest BCUT2D eigenvalue weighted by Gasteiger charge is 2.52. The van der Waals surface area contributed by atoms with Crippen LogP contribution in [0, 0.1) is 5.92 Å². The van der Waals surface area contributed by atoms with Crippen LogP contribution in [-0.4, -0.2) is 29.0 Å². The maximum atomic E-state index is 13.8. The van der Waals surface area contributed by atoms with Crippen molar-refractivity contribution in [3.05, 3.63) is 65.7 Å². The molecule has 3 rings (SSSR count). The lowest BCUT2D eigenvalue weighted by molar-refractivity contribution is -0.126. The number of carbonyl (C=O) groups excluding carboxylic acids is 3. The zero-order chi connectivity index (χ0) is 22.1. The molecule has 158 valence electrons. The van der Waals surface area contributed by atoms with E-state index in [1.807, 2.05) is 32.0 Å². The number of nitrogens with one attached hydrogen (secondary N) is 1. The van der Waals surface area contributed by atoms with E-state index in [9.17, 15) is 14.4 Å². The molecule has 6 nitrogen and oxygen atoms in total. The third-order valence-electron chi connectivity index (χ3n) is 5.22. The number of nitrogens with zero attached hydrogens (tertiary/aromatic N) is 1. The number of rotatable bonds is 3. The fourth-order valence-electron chi connectivity index (χ4n) is 3.61. The molecular weight excluding hydrogens is 380 g/mol. The third kappa shape index (κ3) is 4.08. The lowest BCUT2D eigenvalue weighted by atomic mass is 9.76. The number of fused-ring (bicyclic) bond motifs is 1. The van der Waals surface area contributed by atoms with Crippen LogP contribution in [0.25, 0.3) is 0 Å². The van der Waals surface area contributed by atoms with Crippen molar-refractivity contribution >= 4 is 23.6 Å². The molecule has 1 heterocycles. The van der Waals surface area contributed by atoms with E-state index in [1.54, 1.807) is 57.2 Å². The summed E-state index contributed by atoms with van der Waals surface area (Å²) in [4.78, 5) is 40.8. The Kier molecular flexibility index (Phi) is 5.70. The van der Waals surface area contributed by atoms with Crippen LogP contribution in [0.3, 0.4) is 0 Å². The van der Waals surface area contributed by atoms with Crippen molar-refractivity contribution in [1.29, 1.82) is 0 Å². The lowest BCUT2D eigenvalue weighted by Gasteiger charge is -2.44. The van der Waals surface area contributed by atoms with Crippen LogP contribution >= 0.6 is 0 Å². The Hall–Kier alpha value is -3.15. The fraction of sp³-hybridized carbons (Fsp3) is 0.375. The molecule has 0 aliphatic carbocycles. The number of imide groups is 1. The second kappa shape index (κ2) is 7.94. The molecule has 0 saturated heterocycles. The van der Waals surface area contributed by atoms with Gasteiger partial charge in [0.25, 0.3) is 11.8 Å². The van der Waals surface area contributed by atoms with Crippen LogP contribution in [0.4, 0.5) is 10.5 Å². The Morgan fingerprint density at radius 2 is 1.63 bits per heavy atom. The van der Waals surface area contributed by atoms with Crippen LogP contribution < -0.4 is 10.2 Å². The third-order valence-corrected chi connectivity index (χ3v) is 5.22. The van der Waals surface area contributed by atoms with Gasteiger partial charge in [0.1, 0.15) is 11.1 Å². The molecule has 3 amide bonds. The SMILES string of the molecule is CC(C)C1(NC(=O)c2ccccc2)Cc2ccccc2N(C(=O)OC(C)(C)C)C1=O. The molecule has 0 fully saturated rings. The van der Waals surface area contributed by atoms with Crippen LogP contribution in [0.2, 0.25) is 0 Å². The van der Waals surface area contributed by atoms with Gasteiger partial charge in [-0.2, -0.15) is 0 Å². The summed E-state index contributed by atoms with van der Waals surface area (Å²) in [7, 11) is 0. The number of hydrogen-bond donors (Lipinski definition) is 1. The first-order valence-corrected chi connectivity index (χ1v) is 10.1. The summed E-state index contributed by atoms with van der Waals surface area (Å²) in [5, 5.41) is 2.95.